The molecule has 1 aromatic carbocycles. The lowest BCUT2D eigenvalue weighted by molar-refractivity contribution is -0.127. The van der Waals surface area contributed by atoms with Gasteiger partial charge in [0.1, 0.15) is 11.5 Å². The Morgan fingerprint density at radius 3 is 2.37 bits per heavy atom. The van der Waals surface area contributed by atoms with Gasteiger partial charge in [-0.15, -0.1) is 11.3 Å². The van der Waals surface area contributed by atoms with Crippen molar-refractivity contribution in [3.05, 3.63) is 88.4 Å². The van der Waals surface area contributed by atoms with Crippen LogP contribution in [0.5, 0.6) is 0 Å². The third kappa shape index (κ3) is 4.75. The Morgan fingerprint density at radius 1 is 0.933 bits per heavy atom. The highest BCUT2D eigenvalue weighted by molar-refractivity contribution is 7.10. The van der Waals surface area contributed by atoms with Gasteiger partial charge >= 0.3 is 0 Å². The Labute approximate surface area is 179 Å². The summed E-state index contributed by atoms with van der Waals surface area (Å²) in [4.78, 5) is 35.2. The maximum absolute atomic E-state index is 13.2. The van der Waals surface area contributed by atoms with Crippen LogP contribution in [0.15, 0.2) is 77.9 Å². The van der Waals surface area contributed by atoms with Gasteiger partial charge in [-0.1, -0.05) is 30.3 Å². The number of hydrogen-bond donors (Lipinski definition) is 1. The molecular formula is C23H22N4O2S. The van der Waals surface area contributed by atoms with Crippen LogP contribution in [0.1, 0.15) is 15.2 Å². The van der Waals surface area contributed by atoms with E-state index in [1.165, 1.54) is 11.3 Å². The second kappa shape index (κ2) is 9.37. The number of nitrogens with one attached hydrogen (secondary N) is 1. The van der Waals surface area contributed by atoms with Crippen LogP contribution >= 0.6 is 11.3 Å². The normalized spacial score (nSPS) is 14.5. The first-order chi connectivity index (χ1) is 14.7. The number of pyridine rings is 1. The Kier molecular flexibility index (Phi) is 6.20. The van der Waals surface area contributed by atoms with Crippen molar-refractivity contribution in [1.82, 2.24) is 15.2 Å². The number of benzene rings is 1. The number of carbonyl (C=O) groups excluding carboxylic acids is 2. The number of amides is 2. The fourth-order valence-electron chi connectivity index (χ4n) is 3.30. The van der Waals surface area contributed by atoms with Crippen molar-refractivity contribution in [2.24, 2.45) is 0 Å². The first kappa shape index (κ1) is 19.8. The molecule has 0 unspecified atom stereocenters. The first-order valence-electron chi connectivity index (χ1n) is 9.77. The summed E-state index contributed by atoms with van der Waals surface area (Å²) in [6, 6.07) is 18.6. The zero-order valence-corrected chi connectivity index (χ0v) is 17.2. The number of anilines is 1. The SMILES string of the molecule is O=C(N/C(=C/c1cccs1)C(=O)N1CCN(c2ccccn2)CC1)c1ccccc1. The minimum atomic E-state index is -0.293. The summed E-state index contributed by atoms with van der Waals surface area (Å²) in [5.41, 5.74) is 0.806. The molecule has 3 heterocycles. The molecule has 7 heteroatoms. The van der Waals surface area contributed by atoms with E-state index in [1.54, 1.807) is 41.4 Å². The van der Waals surface area contributed by atoms with E-state index in [2.05, 4.69) is 15.2 Å². The van der Waals surface area contributed by atoms with Gasteiger partial charge in [-0.25, -0.2) is 4.98 Å². The predicted molar refractivity (Wildman–Crippen MR) is 119 cm³/mol. The molecule has 0 bridgehead atoms. The quantitative estimate of drug-likeness (QED) is 0.646. The van der Waals surface area contributed by atoms with Gasteiger partial charge in [-0.2, -0.15) is 0 Å². The summed E-state index contributed by atoms with van der Waals surface area (Å²) in [7, 11) is 0. The van der Waals surface area contributed by atoms with Crippen LogP contribution in [0.25, 0.3) is 6.08 Å². The Morgan fingerprint density at radius 2 is 1.70 bits per heavy atom. The smallest absolute Gasteiger partial charge is 0.270 e. The molecule has 1 fully saturated rings. The summed E-state index contributed by atoms with van der Waals surface area (Å²) in [6.45, 7) is 2.53. The van der Waals surface area contributed by atoms with Gasteiger partial charge in [0.15, 0.2) is 0 Å². The maximum atomic E-state index is 13.2. The average Bonchev–Trinajstić information content (AvgIpc) is 3.32. The third-order valence-corrected chi connectivity index (χ3v) is 5.70. The molecule has 1 aliphatic heterocycles. The molecular weight excluding hydrogens is 396 g/mol. The summed E-state index contributed by atoms with van der Waals surface area (Å²) in [5, 5.41) is 4.77. The van der Waals surface area contributed by atoms with Crippen LogP contribution in [-0.2, 0) is 4.79 Å². The van der Waals surface area contributed by atoms with Crippen LogP contribution in [0.3, 0.4) is 0 Å². The highest BCUT2D eigenvalue weighted by Crippen LogP contribution is 2.17. The molecule has 1 aliphatic rings. The standard InChI is InChI=1S/C23H22N4O2S/c28-22(18-7-2-1-3-8-18)25-20(17-19-9-6-16-30-19)23(29)27-14-12-26(13-15-27)21-10-4-5-11-24-21/h1-11,16-17H,12-15H2,(H,25,28)/b20-17+. The van der Waals surface area contributed by atoms with Gasteiger partial charge in [0, 0.05) is 42.8 Å². The Hall–Kier alpha value is -3.45. The number of thiophene rings is 1. The van der Waals surface area contributed by atoms with Crippen molar-refractivity contribution >= 4 is 35.0 Å². The van der Waals surface area contributed by atoms with Crippen molar-refractivity contribution in [2.45, 2.75) is 0 Å². The molecule has 2 aromatic heterocycles. The Balaban J connectivity index is 1.48. The van der Waals surface area contributed by atoms with Gasteiger partial charge in [0.05, 0.1) is 0 Å². The highest BCUT2D eigenvalue weighted by Gasteiger charge is 2.25. The first-order valence-corrected chi connectivity index (χ1v) is 10.7. The van der Waals surface area contributed by atoms with Gasteiger partial charge in [-0.05, 0) is 41.8 Å². The van der Waals surface area contributed by atoms with Crippen molar-refractivity contribution in [2.75, 3.05) is 31.1 Å². The van der Waals surface area contributed by atoms with E-state index in [-0.39, 0.29) is 17.5 Å². The number of piperazine rings is 1. The second-order valence-corrected chi connectivity index (χ2v) is 7.84. The van der Waals surface area contributed by atoms with Crippen LogP contribution in [0.4, 0.5) is 5.82 Å². The molecule has 6 nitrogen and oxygen atoms in total. The van der Waals surface area contributed by atoms with Gasteiger partial charge in [0.25, 0.3) is 11.8 Å². The predicted octanol–water partition coefficient (Wildman–Crippen LogP) is 3.26. The lowest BCUT2D eigenvalue weighted by Gasteiger charge is -2.35. The Bertz CT molecular complexity index is 1010. The van der Waals surface area contributed by atoms with E-state index >= 15 is 0 Å². The van der Waals surface area contributed by atoms with Crippen LogP contribution in [0.2, 0.25) is 0 Å². The van der Waals surface area contributed by atoms with Crippen LogP contribution < -0.4 is 10.2 Å². The molecule has 3 aromatic rings. The number of rotatable bonds is 5. The van der Waals surface area contributed by atoms with E-state index in [0.717, 1.165) is 10.7 Å². The summed E-state index contributed by atoms with van der Waals surface area (Å²) in [6.07, 6.45) is 3.52. The van der Waals surface area contributed by atoms with Crippen molar-refractivity contribution in [3.63, 3.8) is 0 Å². The molecule has 0 radical (unpaired) electrons. The average molecular weight is 419 g/mol. The van der Waals surface area contributed by atoms with E-state index in [1.807, 2.05) is 41.8 Å². The number of nitrogens with zero attached hydrogens (tertiary/aromatic N) is 3. The molecule has 1 saturated heterocycles. The molecule has 1 N–H and O–H groups in total. The molecule has 30 heavy (non-hydrogen) atoms. The van der Waals surface area contributed by atoms with E-state index in [0.29, 0.717) is 31.7 Å². The largest absolute Gasteiger partial charge is 0.353 e. The highest BCUT2D eigenvalue weighted by atomic mass is 32.1. The zero-order valence-electron chi connectivity index (χ0n) is 16.4. The van der Waals surface area contributed by atoms with Crippen molar-refractivity contribution in [3.8, 4) is 0 Å². The zero-order chi connectivity index (χ0) is 20.8. The molecule has 0 spiro atoms. The van der Waals surface area contributed by atoms with E-state index in [9.17, 15) is 9.59 Å². The minimum absolute atomic E-state index is 0.173. The van der Waals surface area contributed by atoms with E-state index in [4.69, 9.17) is 0 Å². The third-order valence-electron chi connectivity index (χ3n) is 4.88. The molecule has 152 valence electrons. The van der Waals surface area contributed by atoms with Crippen molar-refractivity contribution in [1.29, 1.82) is 0 Å². The van der Waals surface area contributed by atoms with Crippen LogP contribution in [-0.4, -0.2) is 47.9 Å². The van der Waals surface area contributed by atoms with E-state index < -0.39 is 0 Å². The number of hydrogen-bond acceptors (Lipinski definition) is 5. The molecule has 0 saturated carbocycles. The minimum Gasteiger partial charge on any atom is -0.353 e. The fraction of sp³-hybridized carbons (Fsp3) is 0.174. The fourth-order valence-corrected chi connectivity index (χ4v) is 3.96. The van der Waals surface area contributed by atoms with Gasteiger partial charge < -0.3 is 15.1 Å². The van der Waals surface area contributed by atoms with Crippen molar-refractivity contribution < 1.29 is 9.59 Å². The lowest BCUT2D eigenvalue weighted by Crippen LogP contribution is -2.50. The number of aromatic nitrogens is 1. The molecule has 0 atom stereocenters. The maximum Gasteiger partial charge on any atom is 0.270 e. The number of carbonyl (C=O) groups is 2. The van der Waals surface area contributed by atoms with Gasteiger partial charge in [-0.3, -0.25) is 9.59 Å². The monoisotopic (exact) mass is 418 g/mol. The summed E-state index contributed by atoms with van der Waals surface area (Å²) >= 11 is 1.52. The molecule has 2 amide bonds. The summed E-state index contributed by atoms with van der Waals surface area (Å²) < 4.78 is 0. The van der Waals surface area contributed by atoms with Crippen LogP contribution in [0, 0.1) is 0 Å². The van der Waals surface area contributed by atoms with Gasteiger partial charge in [0.2, 0.25) is 0 Å². The summed E-state index contributed by atoms with van der Waals surface area (Å²) in [5.74, 6) is 0.448. The second-order valence-electron chi connectivity index (χ2n) is 6.86. The topological polar surface area (TPSA) is 65.5 Å². The molecule has 4 rings (SSSR count). The molecule has 0 aliphatic carbocycles. The lowest BCUT2D eigenvalue weighted by atomic mass is 10.2.